The predicted octanol–water partition coefficient (Wildman–Crippen LogP) is 4.28. The number of nitrogens with one attached hydrogen (secondary N) is 2. The summed E-state index contributed by atoms with van der Waals surface area (Å²) in [6, 6.07) is 15.6. The van der Waals surface area contributed by atoms with Crippen LogP contribution >= 0.6 is 0 Å². The van der Waals surface area contributed by atoms with Gasteiger partial charge in [0.1, 0.15) is 5.82 Å². The Kier molecular flexibility index (Phi) is 5.70. The SMILES string of the molecule is Cc1cccc(Nc2cc(-c3cccc(C(C)N)n3)cc(N(C)C)c2C=N)n1. The van der Waals surface area contributed by atoms with E-state index >= 15 is 0 Å². The van der Waals surface area contributed by atoms with Crippen LogP contribution in [0.2, 0.25) is 0 Å². The first-order chi connectivity index (χ1) is 13.4. The highest BCUT2D eigenvalue weighted by Gasteiger charge is 2.14. The number of aryl methyl sites for hydroxylation is 1. The molecular weight excluding hydrogens is 348 g/mol. The highest BCUT2D eigenvalue weighted by molar-refractivity contribution is 5.97. The zero-order valence-electron chi connectivity index (χ0n) is 16.7. The minimum Gasteiger partial charge on any atom is -0.377 e. The van der Waals surface area contributed by atoms with Crippen molar-refractivity contribution < 1.29 is 0 Å². The number of nitrogens with zero attached hydrogens (tertiary/aromatic N) is 3. The van der Waals surface area contributed by atoms with Gasteiger partial charge in [0.25, 0.3) is 0 Å². The third-order valence-corrected chi connectivity index (χ3v) is 4.47. The van der Waals surface area contributed by atoms with E-state index in [0.717, 1.165) is 45.4 Å². The minimum atomic E-state index is -0.136. The molecule has 0 amide bonds. The first-order valence-electron chi connectivity index (χ1n) is 9.18. The van der Waals surface area contributed by atoms with Crippen molar-refractivity contribution in [2.24, 2.45) is 5.73 Å². The summed E-state index contributed by atoms with van der Waals surface area (Å²) >= 11 is 0. The second-order valence-electron chi connectivity index (χ2n) is 7.02. The Morgan fingerprint density at radius 2 is 1.86 bits per heavy atom. The Morgan fingerprint density at radius 1 is 1.11 bits per heavy atom. The summed E-state index contributed by atoms with van der Waals surface area (Å²) in [5, 5.41) is 11.3. The Hall–Kier alpha value is -3.25. The lowest BCUT2D eigenvalue weighted by Gasteiger charge is -2.21. The third kappa shape index (κ3) is 4.18. The molecule has 0 fully saturated rings. The molecule has 0 bridgehead atoms. The first-order valence-corrected chi connectivity index (χ1v) is 9.18. The molecule has 2 aromatic heterocycles. The molecule has 0 spiro atoms. The van der Waals surface area contributed by atoms with E-state index in [1.165, 1.54) is 6.21 Å². The van der Waals surface area contributed by atoms with Crippen LogP contribution in [0.15, 0.2) is 48.5 Å². The van der Waals surface area contributed by atoms with E-state index in [-0.39, 0.29) is 6.04 Å². The van der Waals surface area contributed by atoms with Gasteiger partial charge < -0.3 is 21.4 Å². The number of hydrogen-bond acceptors (Lipinski definition) is 6. The van der Waals surface area contributed by atoms with Crippen LogP contribution in [0.25, 0.3) is 11.3 Å². The van der Waals surface area contributed by atoms with Gasteiger partial charge in [0, 0.05) is 48.9 Å². The summed E-state index contributed by atoms with van der Waals surface area (Å²) < 4.78 is 0. The molecule has 0 saturated carbocycles. The number of benzene rings is 1. The second-order valence-corrected chi connectivity index (χ2v) is 7.02. The van der Waals surface area contributed by atoms with Crippen LogP contribution in [0.5, 0.6) is 0 Å². The largest absolute Gasteiger partial charge is 0.377 e. The number of nitrogens with two attached hydrogens (primary N) is 1. The van der Waals surface area contributed by atoms with Crippen LogP contribution in [-0.2, 0) is 0 Å². The van der Waals surface area contributed by atoms with Gasteiger partial charge >= 0.3 is 0 Å². The number of rotatable bonds is 6. The molecule has 0 radical (unpaired) electrons. The highest BCUT2D eigenvalue weighted by Crippen LogP contribution is 2.33. The third-order valence-electron chi connectivity index (χ3n) is 4.47. The lowest BCUT2D eigenvalue weighted by molar-refractivity contribution is 0.782. The fourth-order valence-corrected chi connectivity index (χ4v) is 3.03. The molecule has 6 nitrogen and oxygen atoms in total. The van der Waals surface area contributed by atoms with Gasteiger partial charge in [-0.2, -0.15) is 0 Å². The minimum absolute atomic E-state index is 0.136. The van der Waals surface area contributed by atoms with Crippen molar-refractivity contribution in [3.05, 3.63) is 65.5 Å². The molecule has 0 aliphatic rings. The molecule has 1 atom stereocenters. The highest BCUT2D eigenvalue weighted by atomic mass is 15.1. The van der Waals surface area contributed by atoms with Gasteiger partial charge in [-0.05, 0) is 50.2 Å². The van der Waals surface area contributed by atoms with Crippen molar-refractivity contribution in [1.82, 2.24) is 9.97 Å². The summed E-state index contributed by atoms with van der Waals surface area (Å²) in [7, 11) is 3.93. The number of pyridine rings is 2. The van der Waals surface area contributed by atoms with E-state index in [4.69, 9.17) is 16.1 Å². The molecule has 0 aliphatic heterocycles. The second kappa shape index (κ2) is 8.19. The maximum atomic E-state index is 7.95. The predicted molar refractivity (Wildman–Crippen MR) is 117 cm³/mol. The van der Waals surface area contributed by atoms with Crippen molar-refractivity contribution in [3.63, 3.8) is 0 Å². The Bertz CT molecular complexity index is 994. The quantitative estimate of drug-likeness (QED) is 0.560. The average Bonchev–Trinajstić information content (AvgIpc) is 2.67. The van der Waals surface area contributed by atoms with Gasteiger partial charge in [0.2, 0.25) is 0 Å². The van der Waals surface area contributed by atoms with E-state index in [1.807, 2.05) is 81.4 Å². The molecule has 2 heterocycles. The van der Waals surface area contributed by atoms with Crippen LogP contribution in [0.1, 0.15) is 29.9 Å². The molecule has 1 aromatic carbocycles. The molecule has 144 valence electrons. The van der Waals surface area contributed by atoms with Gasteiger partial charge in [-0.25, -0.2) is 4.98 Å². The van der Waals surface area contributed by atoms with Crippen LogP contribution in [0, 0.1) is 12.3 Å². The maximum Gasteiger partial charge on any atom is 0.130 e. The standard InChI is InChI=1S/C22H26N6/c1-14-7-5-10-22(25-14)27-20-11-16(12-21(28(3)4)17(20)13-23)19-9-6-8-18(26-19)15(2)24/h5-13,15,23H,24H2,1-4H3,(H,25,27). The van der Waals surface area contributed by atoms with E-state index in [0.29, 0.717) is 0 Å². The smallest absolute Gasteiger partial charge is 0.130 e. The summed E-state index contributed by atoms with van der Waals surface area (Å²) in [4.78, 5) is 11.2. The lowest BCUT2D eigenvalue weighted by atomic mass is 10.0. The van der Waals surface area contributed by atoms with Gasteiger partial charge in [-0.15, -0.1) is 0 Å². The van der Waals surface area contributed by atoms with E-state index < -0.39 is 0 Å². The topological polar surface area (TPSA) is 90.9 Å². The summed E-state index contributed by atoms with van der Waals surface area (Å²) in [5.41, 5.74) is 12.1. The van der Waals surface area contributed by atoms with E-state index in [1.54, 1.807) is 0 Å². The monoisotopic (exact) mass is 374 g/mol. The maximum absolute atomic E-state index is 7.95. The fraction of sp³-hybridized carbons (Fsp3) is 0.227. The van der Waals surface area contributed by atoms with Crippen LogP contribution < -0.4 is 16.0 Å². The molecule has 3 rings (SSSR count). The van der Waals surface area contributed by atoms with Gasteiger partial charge in [0.05, 0.1) is 17.1 Å². The zero-order valence-corrected chi connectivity index (χ0v) is 16.7. The van der Waals surface area contributed by atoms with Gasteiger partial charge in [-0.1, -0.05) is 12.1 Å². The average molecular weight is 374 g/mol. The van der Waals surface area contributed by atoms with Crippen LogP contribution in [0.3, 0.4) is 0 Å². The molecule has 3 aromatic rings. The number of aromatic nitrogens is 2. The molecular formula is C22H26N6. The lowest BCUT2D eigenvalue weighted by Crippen LogP contribution is -2.13. The van der Waals surface area contributed by atoms with Gasteiger partial charge in [-0.3, -0.25) is 4.98 Å². The van der Waals surface area contributed by atoms with Crippen molar-refractivity contribution >= 4 is 23.4 Å². The molecule has 6 heteroatoms. The Morgan fingerprint density at radius 3 is 2.50 bits per heavy atom. The van der Waals surface area contributed by atoms with Crippen molar-refractivity contribution in [1.29, 1.82) is 5.41 Å². The van der Waals surface area contributed by atoms with E-state index in [9.17, 15) is 0 Å². The first kappa shape index (κ1) is 19.5. The fourth-order valence-electron chi connectivity index (χ4n) is 3.03. The summed E-state index contributed by atoms with van der Waals surface area (Å²) in [5.74, 6) is 0.738. The Labute approximate surface area is 166 Å². The van der Waals surface area contributed by atoms with Crippen molar-refractivity contribution in [3.8, 4) is 11.3 Å². The molecule has 1 unspecified atom stereocenters. The number of hydrogen-bond donors (Lipinski definition) is 3. The summed E-state index contributed by atoms with van der Waals surface area (Å²) in [6.45, 7) is 3.87. The molecule has 28 heavy (non-hydrogen) atoms. The normalized spacial score (nSPS) is 11.8. The molecule has 4 N–H and O–H groups in total. The van der Waals surface area contributed by atoms with Crippen molar-refractivity contribution in [2.75, 3.05) is 24.3 Å². The Balaban J connectivity index is 2.15. The van der Waals surface area contributed by atoms with Crippen molar-refractivity contribution in [2.45, 2.75) is 19.9 Å². The van der Waals surface area contributed by atoms with Gasteiger partial charge in [0.15, 0.2) is 0 Å². The molecule has 0 aliphatic carbocycles. The number of anilines is 3. The summed E-state index contributed by atoms with van der Waals surface area (Å²) in [6.07, 6.45) is 1.36. The molecule has 0 saturated heterocycles. The van der Waals surface area contributed by atoms with Crippen LogP contribution in [0.4, 0.5) is 17.2 Å². The zero-order chi connectivity index (χ0) is 20.3. The van der Waals surface area contributed by atoms with Crippen LogP contribution in [-0.4, -0.2) is 30.3 Å². The van der Waals surface area contributed by atoms with E-state index in [2.05, 4.69) is 10.3 Å².